The molecule has 0 spiro atoms. The first-order valence-corrected chi connectivity index (χ1v) is 7.58. The first-order valence-electron chi connectivity index (χ1n) is 7.58. The summed E-state index contributed by atoms with van der Waals surface area (Å²) in [5.74, 6) is 0.484. The van der Waals surface area contributed by atoms with Crippen molar-refractivity contribution >= 4 is 22.4 Å². The Balaban J connectivity index is 1.72. The largest absolute Gasteiger partial charge is 0.349 e. The quantitative estimate of drug-likeness (QED) is 0.849. The van der Waals surface area contributed by atoms with Crippen LogP contribution in [0.4, 0.5) is 0 Å². The van der Waals surface area contributed by atoms with Crippen LogP contribution in [-0.2, 0) is 4.79 Å². The Morgan fingerprint density at radius 2 is 2.19 bits per heavy atom. The second-order valence-electron chi connectivity index (χ2n) is 5.99. The number of hydrogen-bond acceptors (Lipinski definition) is 2. The molecule has 0 unspecified atom stereocenters. The molecule has 1 saturated carbocycles. The molecule has 2 N–H and O–H groups in total. The van der Waals surface area contributed by atoms with Gasteiger partial charge in [-0.3, -0.25) is 9.89 Å². The lowest BCUT2D eigenvalue weighted by atomic mass is 9.85. The highest BCUT2D eigenvalue weighted by Crippen LogP contribution is 2.25. The Morgan fingerprint density at radius 1 is 1.38 bits per heavy atom. The van der Waals surface area contributed by atoms with E-state index in [1.807, 2.05) is 18.2 Å². The molecule has 1 amide bonds. The molecule has 4 nitrogen and oxygen atoms in total. The molecular formula is C17H21N3O. The van der Waals surface area contributed by atoms with Gasteiger partial charge in [-0.2, -0.15) is 5.10 Å². The highest BCUT2D eigenvalue weighted by molar-refractivity contribution is 6.19. The molecule has 1 aliphatic carbocycles. The molecule has 0 saturated heterocycles. The number of H-pyrrole nitrogens is 1. The Labute approximate surface area is 124 Å². The predicted octanol–water partition coefficient (Wildman–Crippen LogP) is 3.27. The number of rotatable bonds is 3. The maximum Gasteiger partial charge on any atom is 0.251 e. The van der Waals surface area contributed by atoms with Crippen LogP contribution < -0.4 is 5.32 Å². The van der Waals surface area contributed by atoms with Gasteiger partial charge in [-0.15, -0.1) is 0 Å². The molecule has 1 aromatic carbocycles. The Hall–Kier alpha value is -2.10. The Bertz CT molecular complexity index is 673. The van der Waals surface area contributed by atoms with Gasteiger partial charge < -0.3 is 5.32 Å². The van der Waals surface area contributed by atoms with Crippen molar-refractivity contribution in [1.29, 1.82) is 0 Å². The van der Waals surface area contributed by atoms with Crippen LogP contribution in [0.5, 0.6) is 0 Å². The van der Waals surface area contributed by atoms with Crippen molar-refractivity contribution < 1.29 is 4.79 Å². The molecule has 1 fully saturated rings. The molecule has 1 aromatic heterocycles. The molecule has 2 aromatic rings. The number of nitrogens with zero attached hydrogens (tertiary/aromatic N) is 1. The molecule has 2 atom stereocenters. The number of carbonyl (C=O) groups excluding carboxylic acids is 1. The van der Waals surface area contributed by atoms with Crippen LogP contribution in [0.25, 0.3) is 16.5 Å². The van der Waals surface area contributed by atoms with Gasteiger partial charge in [0.25, 0.3) is 5.91 Å². The number of aromatic nitrogens is 2. The second-order valence-corrected chi connectivity index (χ2v) is 5.99. The summed E-state index contributed by atoms with van der Waals surface area (Å²) in [5.41, 5.74) is 2.28. The number of hydrogen-bond donors (Lipinski definition) is 2. The molecule has 1 heterocycles. The zero-order valence-corrected chi connectivity index (χ0v) is 12.4. The van der Waals surface area contributed by atoms with Crippen LogP contribution in [0.3, 0.4) is 0 Å². The minimum absolute atomic E-state index is 0.0624. The first-order chi connectivity index (χ1) is 10.1. The van der Waals surface area contributed by atoms with Gasteiger partial charge in [0.05, 0.1) is 11.7 Å². The lowest BCUT2D eigenvalue weighted by Crippen LogP contribution is -2.41. The summed E-state index contributed by atoms with van der Waals surface area (Å²) in [4.78, 5) is 12.4. The van der Waals surface area contributed by atoms with Crippen molar-refractivity contribution in [3.05, 3.63) is 36.5 Å². The third-order valence-electron chi connectivity index (χ3n) is 4.49. The predicted molar refractivity (Wildman–Crippen MR) is 84.7 cm³/mol. The summed E-state index contributed by atoms with van der Waals surface area (Å²) in [6.07, 6.45) is 6.50. The normalized spacial score (nSPS) is 22.1. The van der Waals surface area contributed by atoms with E-state index in [-0.39, 0.29) is 11.9 Å². The lowest BCUT2D eigenvalue weighted by Gasteiger charge is -2.29. The maximum atomic E-state index is 12.4. The van der Waals surface area contributed by atoms with Crippen LogP contribution in [0.1, 0.15) is 38.2 Å². The summed E-state index contributed by atoms with van der Waals surface area (Å²) in [5, 5.41) is 11.1. The molecule has 3 rings (SSSR count). The van der Waals surface area contributed by atoms with Gasteiger partial charge in [-0.05, 0) is 30.4 Å². The topological polar surface area (TPSA) is 57.8 Å². The molecular weight excluding hydrogens is 262 g/mol. The summed E-state index contributed by atoms with van der Waals surface area (Å²) in [6, 6.07) is 6.08. The van der Waals surface area contributed by atoms with Crippen LogP contribution in [0.2, 0.25) is 0 Å². The Kier molecular flexibility index (Phi) is 3.78. The van der Waals surface area contributed by atoms with Crippen LogP contribution >= 0.6 is 0 Å². The second kappa shape index (κ2) is 5.72. The fourth-order valence-corrected chi connectivity index (χ4v) is 3.04. The highest BCUT2D eigenvalue weighted by atomic mass is 16.1. The molecule has 21 heavy (non-hydrogen) atoms. The highest BCUT2D eigenvalue weighted by Gasteiger charge is 2.23. The van der Waals surface area contributed by atoms with E-state index in [0.717, 1.165) is 22.9 Å². The molecule has 0 radical (unpaired) electrons. The summed E-state index contributed by atoms with van der Waals surface area (Å²) < 4.78 is 0. The van der Waals surface area contributed by atoms with E-state index < -0.39 is 0 Å². The average molecular weight is 283 g/mol. The van der Waals surface area contributed by atoms with Crippen molar-refractivity contribution in [2.45, 2.75) is 38.6 Å². The molecule has 0 bridgehead atoms. The number of fused-ring (bicyclic) bond motifs is 1. The van der Waals surface area contributed by atoms with Gasteiger partial charge in [-0.25, -0.2) is 0 Å². The average Bonchev–Trinajstić information content (AvgIpc) is 2.96. The van der Waals surface area contributed by atoms with Crippen LogP contribution in [-0.4, -0.2) is 22.1 Å². The molecule has 0 aliphatic heterocycles. The number of benzene rings is 1. The zero-order chi connectivity index (χ0) is 14.8. The molecule has 4 heteroatoms. The van der Waals surface area contributed by atoms with E-state index in [2.05, 4.69) is 29.0 Å². The van der Waals surface area contributed by atoms with Gasteiger partial charge in [0.1, 0.15) is 0 Å². The standard InChI is InChI=1S/C17H21N3O/c1-11-5-3-4-6-15(11)19-17(21)12(2)13-7-8-14-10-18-20-16(14)9-13/h7-11,15H,2-6H2,1H3,(H,18,20)(H,19,21)/t11-,15-/m1/s1. The number of aromatic amines is 1. The zero-order valence-electron chi connectivity index (χ0n) is 12.4. The third kappa shape index (κ3) is 2.84. The van der Waals surface area contributed by atoms with E-state index in [0.29, 0.717) is 11.5 Å². The fraction of sp³-hybridized carbons (Fsp3) is 0.412. The van der Waals surface area contributed by atoms with Crippen molar-refractivity contribution in [3.8, 4) is 0 Å². The van der Waals surface area contributed by atoms with Crippen LogP contribution in [0.15, 0.2) is 31.0 Å². The number of nitrogens with one attached hydrogen (secondary N) is 2. The van der Waals surface area contributed by atoms with Gasteiger partial charge in [0.2, 0.25) is 0 Å². The monoisotopic (exact) mass is 283 g/mol. The molecule has 110 valence electrons. The van der Waals surface area contributed by atoms with E-state index in [1.165, 1.54) is 19.3 Å². The minimum Gasteiger partial charge on any atom is -0.349 e. The SMILES string of the molecule is C=C(C(=O)N[C@@H]1CCCC[C@H]1C)c1ccc2cn[nH]c2c1. The maximum absolute atomic E-state index is 12.4. The van der Waals surface area contributed by atoms with E-state index in [9.17, 15) is 4.79 Å². The fourth-order valence-electron chi connectivity index (χ4n) is 3.04. The lowest BCUT2D eigenvalue weighted by molar-refractivity contribution is -0.116. The van der Waals surface area contributed by atoms with Crippen LogP contribution in [0, 0.1) is 5.92 Å². The van der Waals surface area contributed by atoms with Crippen molar-refractivity contribution in [2.24, 2.45) is 5.92 Å². The summed E-state index contributed by atoms with van der Waals surface area (Å²) in [6.45, 7) is 6.17. The smallest absolute Gasteiger partial charge is 0.251 e. The number of carbonyl (C=O) groups is 1. The van der Waals surface area contributed by atoms with Gasteiger partial charge >= 0.3 is 0 Å². The number of amides is 1. The summed E-state index contributed by atoms with van der Waals surface area (Å²) >= 11 is 0. The van der Waals surface area contributed by atoms with E-state index >= 15 is 0 Å². The minimum atomic E-state index is -0.0624. The van der Waals surface area contributed by atoms with E-state index in [4.69, 9.17) is 0 Å². The third-order valence-corrected chi connectivity index (χ3v) is 4.49. The first kappa shape index (κ1) is 13.9. The van der Waals surface area contributed by atoms with Gasteiger partial charge in [0, 0.05) is 17.0 Å². The Morgan fingerprint density at radius 3 is 3.00 bits per heavy atom. The van der Waals surface area contributed by atoms with Crippen molar-refractivity contribution in [3.63, 3.8) is 0 Å². The van der Waals surface area contributed by atoms with Crippen molar-refractivity contribution in [1.82, 2.24) is 15.5 Å². The molecule has 1 aliphatic rings. The van der Waals surface area contributed by atoms with Crippen molar-refractivity contribution in [2.75, 3.05) is 0 Å². The van der Waals surface area contributed by atoms with Gasteiger partial charge in [-0.1, -0.05) is 38.5 Å². The summed E-state index contributed by atoms with van der Waals surface area (Å²) in [7, 11) is 0. The van der Waals surface area contributed by atoms with E-state index in [1.54, 1.807) is 6.20 Å². The van der Waals surface area contributed by atoms with Gasteiger partial charge in [0.15, 0.2) is 0 Å².